The molecule has 0 saturated heterocycles. The summed E-state index contributed by atoms with van der Waals surface area (Å²) in [5.41, 5.74) is 8.35. The van der Waals surface area contributed by atoms with Gasteiger partial charge in [-0.05, 0) is 129 Å². The van der Waals surface area contributed by atoms with E-state index in [1.807, 2.05) is 0 Å². The number of nitrogens with zero attached hydrogens (tertiary/aromatic N) is 4. The summed E-state index contributed by atoms with van der Waals surface area (Å²) >= 11 is 0. The molecule has 0 fully saturated rings. The van der Waals surface area contributed by atoms with Crippen LogP contribution < -0.4 is 21.3 Å². The molecule has 0 bridgehead atoms. The molecule has 0 spiro atoms. The van der Waals surface area contributed by atoms with E-state index >= 15 is 0 Å². The molecule has 1 aromatic heterocycles. The standard InChI is InChI=1S/C50H54N4O3/c1-9-51-38-28-24-32-18-13-15-22-36(32)44(38)49(5,6)40(51)30-26-34-20-17-21-35(42(34)43-46(55)53(11-3)48(57)54(12-4)47(43)56)27-31-41-50(7,8)45-37-23-16-14-19-33(37)25-29-39(45)52(41)10-2/h13-16,18-19,22-31H,9-12,17,20-21H2,1-8H3/b34-26+,40-30+. The molecule has 4 aromatic carbocycles. The van der Waals surface area contributed by atoms with Gasteiger partial charge < -0.3 is 14.6 Å². The summed E-state index contributed by atoms with van der Waals surface area (Å²) in [7, 11) is 0. The topological polar surface area (TPSA) is 73.3 Å². The number of allylic oxidation sites excluding steroid dienone is 8. The maximum absolute atomic E-state index is 14.4. The van der Waals surface area contributed by atoms with Crippen molar-refractivity contribution in [3.63, 3.8) is 0 Å². The number of benzene rings is 4. The molecule has 1 aliphatic carbocycles. The van der Waals surface area contributed by atoms with Crippen molar-refractivity contribution in [3.8, 4) is 5.88 Å². The van der Waals surface area contributed by atoms with Crippen molar-refractivity contribution in [2.24, 2.45) is 0 Å². The van der Waals surface area contributed by atoms with Crippen molar-refractivity contribution in [1.82, 2.24) is 9.13 Å². The fraction of sp³-hybridized carbons (Fsp3) is 0.340. The Balaban J connectivity index is 1.34. The van der Waals surface area contributed by atoms with Crippen molar-refractivity contribution < 1.29 is 9.68 Å². The molecule has 0 amide bonds. The Hall–Kier alpha value is -5.69. The van der Waals surface area contributed by atoms with E-state index in [9.17, 15) is 14.7 Å². The summed E-state index contributed by atoms with van der Waals surface area (Å²) in [5.74, 6) is -0.517. The van der Waals surface area contributed by atoms with Crippen LogP contribution >= 0.6 is 0 Å². The van der Waals surface area contributed by atoms with Crippen molar-refractivity contribution in [2.45, 2.75) is 98.6 Å². The number of likely N-dealkylation sites (N-methyl/N-ethyl adjacent to an activating group) is 1. The largest absolute Gasteiger partial charge is 0.859 e. The smallest absolute Gasteiger partial charge is 0.330 e. The quantitative estimate of drug-likeness (QED) is 0.148. The first-order chi connectivity index (χ1) is 27.4. The van der Waals surface area contributed by atoms with Gasteiger partial charge in [-0.3, -0.25) is 9.36 Å². The maximum atomic E-state index is 14.4. The van der Waals surface area contributed by atoms with E-state index in [4.69, 9.17) is 0 Å². The zero-order chi connectivity index (χ0) is 40.4. The SMILES string of the molecule is CCN1/C(=C/C=C2\CCCC(/C=C/C3=[N+](CC)c4ccc5ccccc5c4C3(C)C)=C2c2c([O-])n(CC)c(=O)n(CC)c2=O)C(C)(C)c2c1ccc1ccccc21. The zero-order valence-electron chi connectivity index (χ0n) is 34.7. The molecule has 0 N–H and O–H groups in total. The highest BCUT2D eigenvalue weighted by Crippen LogP contribution is 2.51. The lowest BCUT2D eigenvalue weighted by molar-refractivity contribution is -0.433. The third-order valence-corrected chi connectivity index (χ3v) is 12.8. The van der Waals surface area contributed by atoms with Crippen LogP contribution in [0.5, 0.6) is 5.88 Å². The van der Waals surface area contributed by atoms with Crippen LogP contribution in [-0.4, -0.2) is 32.5 Å². The normalized spacial score (nSPS) is 18.9. The first-order valence-electron chi connectivity index (χ1n) is 20.7. The van der Waals surface area contributed by atoms with Gasteiger partial charge in [-0.15, -0.1) is 0 Å². The van der Waals surface area contributed by atoms with Crippen LogP contribution in [0.15, 0.2) is 124 Å². The second-order valence-electron chi connectivity index (χ2n) is 16.6. The van der Waals surface area contributed by atoms with Gasteiger partial charge in [0.25, 0.3) is 5.56 Å². The number of aromatic nitrogens is 2. The van der Waals surface area contributed by atoms with Crippen LogP contribution in [-0.2, 0) is 23.9 Å². The molecule has 3 heterocycles. The van der Waals surface area contributed by atoms with Crippen molar-refractivity contribution in [3.05, 3.63) is 151 Å². The highest BCUT2D eigenvalue weighted by atomic mass is 16.3. The van der Waals surface area contributed by atoms with Gasteiger partial charge in [0.05, 0.1) is 11.0 Å². The highest BCUT2D eigenvalue weighted by Gasteiger charge is 2.45. The number of hydrogen-bond donors (Lipinski definition) is 0. The van der Waals surface area contributed by atoms with Gasteiger partial charge in [0.2, 0.25) is 5.69 Å². The Morgan fingerprint density at radius 2 is 1.37 bits per heavy atom. The minimum Gasteiger partial charge on any atom is -0.859 e. The lowest BCUT2D eigenvalue weighted by Crippen LogP contribution is -2.42. The monoisotopic (exact) mass is 758 g/mol. The van der Waals surface area contributed by atoms with Gasteiger partial charge in [0, 0.05) is 54.1 Å². The molecule has 0 radical (unpaired) electrons. The number of hydrogen-bond acceptors (Lipinski definition) is 4. The Morgan fingerprint density at radius 3 is 2.02 bits per heavy atom. The number of fused-ring (bicyclic) bond motifs is 6. The van der Waals surface area contributed by atoms with E-state index in [0.717, 1.165) is 30.7 Å². The molecule has 0 saturated carbocycles. The Kier molecular flexibility index (Phi) is 9.62. The maximum Gasteiger partial charge on any atom is 0.330 e. The molecule has 2 aliphatic heterocycles. The second-order valence-corrected chi connectivity index (χ2v) is 16.6. The second kappa shape index (κ2) is 14.4. The minimum absolute atomic E-state index is 0.0897. The summed E-state index contributed by atoms with van der Waals surface area (Å²) in [5, 5.41) is 19.3. The third-order valence-electron chi connectivity index (χ3n) is 12.8. The van der Waals surface area contributed by atoms with E-state index in [0.29, 0.717) is 18.4 Å². The number of rotatable bonds is 8. The van der Waals surface area contributed by atoms with Crippen LogP contribution in [0.4, 0.5) is 11.4 Å². The molecule has 8 rings (SSSR count). The molecular formula is C50H54N4O3. The number of anilines is 1. The summed E-state index contributed by atoms with van der Waals surface area (Å²) in [6.07, 6.45) is 11.0. The molecule has 292 valence electrons. The van der Waals surface area contributed by atoms with Crippen molar-refractivity contribution >= 4 is 44.2 Å². The third kappa shape index (κ3) is 5.80. The summed E-state index contributed by atoms with van der Waals surface area (Å²) in [4.78, 5) is 30.2. The van der Waals surface area contributed by atoms with Crippen molar-refractivity contribution in [1.29, 1.82) is 0 Å². The molecule has 0 unspecified atom stereocenters. The van der Waals surface area contributed by atoms with Crippen LogP contribution in [0.3, 0.4) is 0 Å². The van der Waals surface area contributed by atoms with Gasteiger partial charge in [0.1, 0.15) is 6.54 Å². The lowest BCUT2D eigenvalue weighted by atomic mass is 9.78. The molecule has 5 aromatic rings. The van der Waals surface area contributed by atoms with Gasteiger partial charge >= 0.3 is 5.69 Å². The van der Waals surface area contributed by atoms with E-state index in [2.05, 4.69) is 148 Å². The van der Waals surface area contributed by atoms with E-state index in [1.165, 1.54) is 64.6 Å². The Bertz CT molecular complexity index is 2770. The molecule has 0 atom stereocenters. The molecule has 7 nitrogen and oxygen atoms in total. The van der Waals surface area contributed by atoms with Gasteiger partial charge in [-0.1, -0.05) is 80.6 Å². The predicted octanol–water partition coefficient (Wildman–Crippen LogP) is 9.65. The van der Waals surface area contributed by atoms with E-state index in [-0.39, 0.29) is 29.5 Å². The van der Waals surface area contributed by atoms with Gasteiger partial charge in [-0.25, -0.2) is 4.79 Å². The molecular weight excluding hydrogens is 705 g/mol. The Morgan fingerprint density at radius 1 is 0.719 bits per heavy atom. The molecule has 7 heteroatoms. The average molecular weight is 759 g/mol. The van der Waals surface area contributed by atoms with Crippen LogP contribution in [0, 0.1) is 0 Å². The van der Waals surface area contributed by atoms with E-state index < -0.39 is 17.1 Å². The van der Waals surface area contributed by atoms with Crippen molar-refractivity contribution in [2.75, 3.05) is 18.0 Å². The van der Waals surface area contributed by atoms with Gasteiger partial charge in [-0.2, -0.15) is 4.58 Å². The summed E-state index contributed by atoms with van der Waals surface area (Å²) in [6, 6.07) is 26.0. The van der Waals surface area contributed by atoms with Crippen LogP contribution in [0.25, 0.3) is 27.1 Å². The first-order valence-corrected chi connectivity index (χ1v) is 20.7. The van der Waals surface area contributed by atoms with Gasteiger partial charge in [0.15, 0.2) is 5.71 Å². The fourth-order valence-electron chi connectivity index (χ4n) is 10.1. The zero-order valence-corrected chi connectivity index (χ0v) is 34.7. The van der Waals surface area contributed by atoms with E-state index in [1.54, 1.807) is 13.8 Å². The minimum atomic E-state index is -0.553. The average Bonchev–Trinajstić information content (AvgIpc) is 3.57. The Labute approximate surface area is 335 Å². The van der Waals surface area contributed by atoms with Crippen LogP contribution in [0.2, 0.25) is 0 Å². The molecule has 3 aliphatic rings. The summed E-state index contributed by atoms with van der Waals surface area (Å²) < 4.78 is 4.83. The lowest BCUT2D eigenvalue weighted by Gasteiger charge is -2.29. The highest BCUT2D eigenvalue weighted by molar-refractivity contribution is 6.08. The summed E-state index contributed by atoms with van der Waals surface area (Å²) in [6.45, 7) is 19.1. The van der Waals surface area contributed by atoms with Crippen LogP contribution in [0.1, 0.15) is 91.3 Å². The predicted molar refractivity (Wildman–Crippen MR) is 234 cm³/mol. The first kappa shape index (κ1) is 38.2. The fourth-order valence-corrected chi connectivity index (χ4v) is 10.1. The molecule has 57 heavy (non-hydrogen) atoms.